The minimum atomic E-state index is 0.0286. The second kappa shape index (κ2) is 25.4. The lowest BCUT2D eigenvalue weighted by Gasteiger charge is -2.16. The standard InChI is InChI=1S/C29H58N2O6/c1-24(2)28(32)22-36-19-10-17-34-16-9-7-8-14-31-27(6)13-12-26(5)29(33)23-37-20-11-18-35-21-15-30-25(3)4/h24-27,30-31H,7-23H2,1-6H3. The molecule has 220 valence electrons. The molecule has 0 aromatic rings. The van der Waals surface area contributed by atoms with Crippen LogP contribution in [0.3, 0.4) is 0 Å². The molecule has 0 fully saturated rings. The summed E-state index contributed by atoms with van der Waals surface area (Å²) in [6, 6.07) is 0.879. The van der Waals surface area contributed by atoms with Crippen LogP contribution in [0.5, 0.6) is 0 Å². The molecule has 0 heterocycles. The summed E-state index contributed by atoms with van der Waals surface area (Å²) < 4.78 is 22.1. The topological polar surface area (TPSA) is 95.1 Å². The number of ether oxygens (including phenoxy) is 4. The van der Waals surface area contributed by atoms with Gasteiger partial charge in [-0.2, -0.15) is 0 Å². The van der Waals surface area contributed by atoms with Gasteiger partial charge in [0.15, 0.2) is 11.6 Å². The Kier molecular flexibility index (Phi) is 24.8. The molecule has 0 spiro atoms. The number of hydrogen-bond donors (Lipinski definition) is 2. The fourth-order valence-electron chi connectivity index (χ4n) is 3.42. The zero-order valence-corrected chi connectivity index (χ0v) is 24.8. The van der Waals surface area contributed by atoms with E-state index in [0.29, 0.717) is 45.1 Å². The maximum absolute atomic E-state index is 12.3. The van der Waals surface area contributed by atoms with Gasteiger partial charge in [0, 0.05) is 63.5 Å². The molecular weight excluding hydrogens is 472 g/mol. The van der Waals surface area contributed by atoms with E-state index < -0.39 is 0 Å². The van der Waals surface area contributed by atoms with Crippen LogP contribution in [0.4, 0.5) is 0 Å². The van der Waals surface area contributed by atoms with Crippen LogP contribution >= 0.6 is 0 Å². The Morgan fingerprint density at radius 3 is 1.76 bits per heavy atom. The summed E-state index contributed by atoms with van der Waals surface area (Å²) in [6.45, 7) is 18.4. The van der Waals surface area contributed by atoms with Gasteiger partial charge in [0.25, 0.3) is 0 Å². The van der Waals surface area contributed by atoms with Gasteiger partial charge in [-0.1, -0.05) is 34.6 Å². The molecule has 0 aromatic heterocycles. The first-order chi connectivity index (χ1) is 17.7. The van der Waals surface area contributed by atoms with Crippen molar-refractivity contribution in [3.05, 3.63) is 0 Å². The highest BCUT2D eigenvalue weighted by Gasteiger charge is 2.14. The van der Waals surface area contributed by atoms with Crippen molar-refractivity contribution in [3.63, 3.8) is 0 Å². The van der Waals surface area contributed by atoms with E-state index in [4.69, 9.17) is 18.9 Å². The molecule has 0 saturated carbocycles. The summed E-state index contributed by atoms with van der Waals surface area (Å²) in [6.07, 6.45) is 6.80. The van der Waals surface area contributed by atoms with E-state index in [0.717, 1.165) is 64.6 Å². The predicted octanol–water partition coefficient (Wildman–Crippen LogP) is 4.19. The van der Waals surface area contributed by atoms with Crippen LogP contribution in [0, 0.1) is 11.8 Å². The van der Waals surface area contributed by atoms with Crippen molar-refractivity contribution in [2.24, 2.45) is 11.8 Å². The minimum absolute atomic E-state index is 0.0286. The third-order valence-electron chi connectivity index (χ3n) is 6.13. The minimum Gasteiger partial charge on any atom is -0.381 e. The van der Waals surface area contributed by atoms with E-state index in [1.807, 2.05) is 20.8 Å². The number of nitrogens with one attached hydrogen (secondary N) is 2. The van der Waals surface area contributed by atoms with E-state index in [-0.39, 0.29) is 36.6 Å². The Morgan fingerprint density at radius 1 is 0.568 bits per heavy atom. The normalized spacial score (nSPS) is 13.4. The van der Waals surface area contributed by atoms with E-state index in [1.165, 1.54) is 0 Å². The fraction of sp³-hybridized carbons (Fsp3) is 0.931. The lowest BCUT2D eigenvalue weighted by molar-refractivity contribution is -0.127. The van der Waals surface area contributed by atoms with E-state index >= 15 is 0 Å². The van der Waals surface area contributed by atoms with Gasteiger partial charge >= 0.3 is 0 Å². The number of rotatable bonds is 28. The second-order valence-electron chi connectivity index (χ2n) is 10.6. The molecule has 2 atom stereocenters. The summed E-state index contributed by atoms with van der Waals surface area (Å²) in [5.74, 6) is 0.399. The van der Waals surface area contributed by atoms with Crippen molar-refractivity contribution in [2.75, 3.05) is 65.9 Å². The lowest BCUT2D eigenvalue weighted by Crippen LogP contribution is -2.28. The van der Waals surface area contributed by atoms with Crippen molar-refractivity contribution in [1.29, 1.82) is 0 Å². The van der Waals surface area contributed by atoms with Gasteiger partial charge in [0.05, 0.1) is 6.61 Å². The molecule has 0 aliphatic carbocycles. The SMILES string of the molecule is CC(C)NCCOCCCOCC(=O)C(C)CCC(C)NCCCCCOCCCOCC(=O)C(C)C. The van der Waals surface area contributed by atoms with E-state index in [9.17, 15) is 9.59 Å². The van der Waals surface area contributed by atoms with Gasteiger partial charge in [-0.15, -0.1) is 0 Å². The molecule has 8 heteroatoms. The molecule has 0 bridgehead atoms. The largest absolute Gasteiger partial charge is 0.381 e. The van der Waals surface area contributed by atoms with Crippen LogP contribution in [0.1, 0.15) is 86.5 Å². The number of hydrogen-bond acceptors (Lipinski definition) is 8. The van der Waals surface area contributed by atoms with Crippen LogP contribution in [0.25, 0.3) is 0 Å². The first-order valence-corrected chi connectivity index (χ1v) is 14.6. The number of carbonyl (C=O) groups excluding carboxylic acids is 2. The Balaban J connectivity index is 3.47. The maximum atomic E-state index is 12.3. The Morgan fingerprint density at radius 2 is 1.14 bits per heavy atom. The molecule has 0 saturated heterocycles. The van der Waals surface area contributed by atoms with Crippen LogP contribution in [-0.4, -0.2) is 89.6 Å². The quantitative estimate of drug-likeness (QED) is 0.145. The van der Waals surface area contributed by atoms with Crippen molar-refractivity contribution in [3.8, 4) is 0 Å². The molecule has 0 aromatic carbocycles. The van der Waals surface area contributed by atoms with E-state index in [1.54, 1.807) is 0 Å². The first-order valence-electron chi connectivity index (χ1n) is 14.6. The molecule has 0 amide bonds. The molecule has 0 aliphatic rings. The lowest BCUT2D eigenvalue weighted by atomic mass is 9.98. The molecule has 0 aliphatic heterocycles. The van der Waals surface area contributed by atoms with Crippen LogP contribution in [-0.2, 0) is 28.5 Å². The first kappa shape index (κ1) is 36.1. The molecular formula is C29H58N2O6. The molecule has 2 unspecified atom stereocenters. The highest BCUT2D eigenvalue weighted by molar-refractivity contribution is 5.82. The Bertz CT molecular complexity index is 544. The number of carbonyl (C=O) groups is 2. The average molecular weight is 531 g/mol. The second-order valence-corrected chi connectivity index (χ2v) is 10.6. The summed E-state index contributed by atoms with van der Waals surface area (Å²) in [5, 5.41) is 6.87. The number of Topliss-reactive ketones (excluding diaryl/α,β-unsaturated/α-hetero) is 2. The Labute approximate surface area is 227 Å². The van der Waals surface area contributed by atoms with Crippen molar-refractivity contribution in [1.82, 2.24) is 10.6 Å². The van der Waals surface area contributed by atoms with Crippen molar-refractivity contribution >= 4 is 11.6 Å². The average Bonchev–Trinajstić information content (AvgIpc) is 2.86. The van der Waals surface area contributed by atoms with Crippen molar-refractivity contribution < 1.29 is 28.5 Å². The van der Waals surface area contributed by atoms with Gasteiger partial charge in [-0.3, -0.25) is 9.59 Å². The summed E-state index contributed by atoms with van der Waals surface area (Å²) >= 11 is 0. The van der Waals surface area contributed by atoms with Gasteiger partial charge in [-0.05, 0) is 58.4 Å². The Hall–Kier alpha value is -0.900. The highest BCUT2D eigenvalue weighted by atomic mass is 16.5. The molecule has 2 N–H and O–H groups in total. The summed E-state index contributed by atoms with van der Waals surface area (Å²) in [7, 11) is 0. The zero-order chi connectivity index (χ0) is 27.7. The van der Waals surface area contributed by atoms with E-state index in [2.05, 4.69) is 31.4 Å². The molecule has 37 heavy (non-hydrogen) atoms. The highest BCUT2D eigenvalue weighted by Crippen LogP contribution is 2.10. The van der Waals surface area contributed by atoms with Crippen molar-refractivity contribution in [2.45, 2.75) is 98.6 Å². The number of unbranched alkanes of at least 4 members (excludes halogenated alkanes) is 2. The molecule has 0 radical (unpaired) electrons. The van der Waals surface area contributed by atoms with Gasteiger partial charge in [-0.25, -0.2) is 0 Å². The maximum Gasteiger partial charge on any atom is 0.161 e. The molecule has 8 nitrogen and oxygen atoms in total. The smallest absolute Gasteiger partial charge is 0.161 e. The van der Waals surface area contributed by atoms with Crippen LogP contribution < -0.4 is 10.6 Å². The third kappa shape index (κ3) is 25.2. The van der Waals surface area contributed by atoms with Gasteiger partial charge < -0.3 is 29.6 Å². The summed E-state index contributed by atoms with van der Waals surface area (Å²) in [4.78, 5) is 23.7. The zero-order valence-electron chi connectivity index (χ0n) is 24.8. The monoisotopic (exact) mass is 530 g/mol. The third-order valence-corrected chi connectivity index (χ3v) is 6.13. The van der Waals surface area contributed by atoms with Gasteiger partial charge in [0.1, 0.15) is 13.2 Å². The van der Waals surface area contributed by atoms with Crippen LogP contribution in [0.2, 0.25) is 0 Å². The fourth-order valence-corrected chi connectivity index (χ4v) is 3.42. The molecule has 0 rings (SSSR count). The van der Waals surface area contributed by atoms with Crippen LogP contribution in [0.15, 0.2) is 0 Å². The van der Waals surface area contributed by atoms with Gasteiger partial charge in [0.2, 0.25) is 0 Å². The predicted molar refractivity (Wildman–Crippen MR) is 150 cm³/mol. The summed E-state index contributed by atoms with van der Waals surface area (Å²) in [5.41, 5.74) is 0. The number of ketones is 2.